The fourth-order valence-corrected chi connectivity index (χ4v) is 2.54. The van der Waals surface area contributed by atoms with Crippen molar-refractivity contribution < 1.29 is 18.0 Å². The van der Waals surface area contributed by atoms with E-state index in [4.69, 9.17) is 0 Å². The quantitative estimate of drug-likeness (QED) is 0.875. The minimum absolute atomic E-state index is 0.152. The summed E-state index contributed by atoms with van der Waals surface area (Å²) in [6.45, 7) is 5.26. The number of alkyl halides is 3. The normalized spacial score (nSPS) is 14.5. The van der Waals surface area contributed by atoms with Gasteiger partial charge in [0.25, 0.3) is 5.56 Å². The molecule has 0 fully saturated rings. The third kappa shape index (κ3) is 4.22. The van der Waals surface area contributed by atoms with Gasteiger partial charge in [-0.2, -0.15) is 13.2 Å². The standard InChI is InChI=1S/C15H15F3N2O2S/c1-14(2,3)11(21)7-12-20-13(22)9(23-12)6-8-4-5-10(19-8)15(16,17)18/h4-7,19H,1-3H3,(H,20,22). The van der Waals surface area contributed by atoms with Gasteiger partial charge in [0.2, 0.25) is 0 Å². The minimum atomic E-state index is -4.47. The van der Waals surface area contributed by atoms with Crippen molar-refractivity contribution in [2.75, 3.05) is 0 Å². The highest BCUT2D eigenvalue weighted by molar-refractivity contribution is 7.07. The first-order valence-electron chi connectivity index (χ1n) is 6.70. The smallest absolute Gasteiger partial charge is 0.351 e. The summed E-state index contributed by atoms with van der Waals surface area (Å²) in [7, 11) is 0. The highest BCUT2D eigenvalue weighted by Crippen LogP contribution is 2.28. The van der Waals surface area contributed by atoms with E-state index in [1.165, 1.54) is 18.2 Å². The molecule has 2 rings (SSSR count). The van der Waals surface area contributed by atoms with E-state index in [-0.39, 0.29) is 16.0 Å². The van der Waals surface area contributed by atoms with E-state index in [9.17, 15) is 22.8 Å². The summed E-state index contributed by atoms with van der Waals surface area (Å²) in [5, 5.41) is 0. The Kier molecular flexibility index (Phi) is 4.39. The summed E-state index contributed by atoms with van der Waals surface area (Å²) in [6, 6.07) is 2.15. The van der Waals surface area contributed by atoms with Crippen LogP contribution in [0.4, 0.5) is 13.2 Å². The van der Waals surface area contributed by atoms with E-state index in [0.29, 0.717) is 4.66 Å². The molecule has 0 aromatic carbocycles. The Morgan fingerprint density at radius 3 is 2.35 bits per heavy atom. The van der Waals surface area contributed by atoms with Crippen LogP contribution < -0.4 is 14.8 Å². The molecule has 2 N–H and O–H groups in total. The predicted octanol–water partition coefficient (Wildman–Crippen LogP) is 2.01. The van der Waals surface area contributed by atoms with E-state index in [1.54, 1.807) is 20.8 Å². The van der Waals surface area contributed by atoms with E-state index < -0.39 is 22.8 Å². The van der Waals surface area contributed by atoms with Gasteiger partial charge in [0.1, 0.15) is 5.69 Å². The Labute approximate surface area is 133 Å². The molecule has 0 aliphatic carbocycles. The predicted molar refractivity (Wildman–Crippen MR) is 82.5 cm³/mol. The summed E-state index contributed by atoms with van der Waals surface area (Å²) in [5.41, 5.74) is -1.75. The van der Waals surface area contributed by atoms with Gasteiger partial charge in [0, 0.05) is 17.2 Å². The molecule has 0 atom stereocenters. The third-order valence-electron chi connectivity index (χ3n) is 2.98. The van der Waals surface area contributed by atoms with Gasteiger partial charge in [0.15, 0.2) is 5.78 Å². The summed E-state index contributed by atoms with van der Waals surface area (Å²) in [5.74, 6) is -0.152. The molecule has 4 nitrogen and oxygen atoms in total. The highest BCUT2D eigenvalue weighted by atomic mass is 32.1. The number of nitrogens with one attached hydrogen (secondary N) is 2. The lowest BCUT2D eigenvalue weighted by atomic mass is 9.91. The molecule has 2 heterocycles. The molecule has 23 heavy (non-hydrogen) atoms. The average Bonchev–Trinajstić information content (AvgIpc) is 2.96. The van der Waals surface area contributed by atoms with Crippen molar-refractivity contribution in [3.8, 4) is 0 Å². The summed E-state index contributed by atoms with van der Waals surface area (Å²) < 4.78 is 38.2. The van der Waals surface area contributed by atoms with Gasteiger partial charge in [-0.3, -0.25) is 9.59 Å². The number of carbonyl (C=O) groups is 1. The van der Waals surface area contributed by atoms with Crippen molar-refractivity contribution in [1.29, 1.82) is 0 Å². The first kappa shape index (κ1) is 17.3. The molecule has 0 radical (unpaired) electrons. The van der Waals surface area contributed by atoms with Crippen molar-refractivity contribution >= 4 is 29.3 Å². The molecule has 124 valence electrons. The second-order valence-electron chi connectivity index (χ2n) is 6.01. The topological polar surface area (TPSA) is 65.7 Å². The van der Waals surface area contributed by atoms with Gasteiger partial charge in [-0.15, -0.1) is 11.3 Å². The van der Waals surface area contributed by atoms with Crippen LogP contribution in [0.2, 0.25) is 0 Å². The molecule has 0 unspecified atom stereocenters. The summed E-state index contributed by atoms with van der Waals surface area (Å²) in [4.78, 5) is 28.5. The summed E-state index contributed by atoms with van der Waals surface area (Å²) in [6.07, 6.45) is -1.82. The van der Waals surface area contributed by atoms with Crippen molar-refractivity contribution in [3.05, 3.63) is 43.1 Å². The van der Waals surface area contributed by atoms with Crippen LogP contribution in [0.5, 0.6) is 0 Å². The van der Waals surface area contributed by atoms with Crippen LogP contribution in [0, 0.1) is 5.41 Å². The van der Waals surface area contributed by atoms with Crippen molar-refractivity contribution in [2.45, 2.75) is 26.9 Å². The van der Waals surface area contributed by atoms with Gasteiger partial charge >= 0.3 is 6.18 Å². The maximum Gasteiger partial charge on any atom is 0.431 e. The molecule has 8 heteroatoms. The molecule has 0 saturated heterocycles. The molecule has 0 saturated carbocycles. The lowest BCUT2D eigenvalue weighted by Crippen LogP contribution is -2.22. The molecule has 0 aliphatic rings. The molecule has 0 spiro atoms. The molecule has 0 bridgehead atoms. The van der Waals surface area contributed by atoms with Crippen molar-refractivity contribution in [3.63, 3.8) is 0 Å². The van der Waals surface area contributed by atoms with E-state index in [0.717, 1.165) is 17.4 Å². The maximum atomic E-state index is 12.5. The summed E-state index contributed by atoms with van der Waals surface area (Å²) >= 11 is 1.01. The van der Waals surface area contributed by atoms with Crippen LogP contribution in [-0.2, 0) is 11.0 Å². The lowest BCUT2D eigenvalue weighted by molar-refractivity contribution is -0.140. The molecule has 0 aliphatic heterocycles. The zero-order chi connectivity index (χ0) is 17.4. The van der Waals surface area contributed by atoms with Gasteiger partial charge in [-0.1, -0.05) is 20.8 Å². The van der Waals surface area contributed by atoms with Crippen LogP contribution in [0.25, 0.3) is 12.2 Å². The van der Waals surface area contributed by atoms with Gasteiger partial charge in [0.05, 0.1) is 9.20 Å². The Bertz CT molecular complexity index is 895. The Balaban J connectivity index is 2.43. The van der Waals surface area contributed by atoms with Gasteiger partial charge in [-0.25, -0.2) is 0 Å². The fourth-order valence-electron chi connectivity index (χ4n) is 1.66. The Morgan fingerprint density at radius 1 is 1.17 bits per heavy atom. The number of Topliss-reactive ketones (excluding diaryl/α,β-unsaturated/α-hetero) is 1. The van der Waals surface area contributed by atoms with Crippen molar-refractivity contribution in [2.24, 2.45) is 5.41 Å². The number of rotatable bonds is 2. The molecule has 0 amide bonds. The number of aromatic nitrogens is 2. The number of aromatic amines is 2. The van der Waals surface area contributed by atoms with Crippen LogP contribution >= 0.6 is 11.3 Å². The lowest BCUT2D eigenvalue weighted by Gasteiger charge is -2.12. The van der Waals surface area contributed by atoms with E-state index in [1.807, 2.05) is 0 Å². The number of halogens is 3. The Hall–Kier alpha value is -2.09. The average molecular weight is 344 g/mol. The largest absolute Gasteiger partial charge is 0.431 e. The number of hydrogen-bond donors (Lipinski definition) is 2. The third-order valence-corrected chi connectivity index (χ3v) is 3.95. The molecular formula is C15H15F3N2O2S. The fraction of sp³-hybridized carbons (Fsp3) is 0.333. The monoisotopic (exact) mass is 344 g/mol. The number of ketones is 1. The number of thiazole rings is 1. The second kappa shape index (κ2) is 5.84. The number of H-pyrrole nitrogens is 2. The van der Waals surface area contributed by atoms with Crippen LogP contribution in [0.1, 0.15) is 32.2 Å². The second-order valence-corrected chi connectivity index (χ2v) is 7.10. The minimum Gasteiger partial charge on any atom is -0.351 e. The zero-order valence-corrected chi connectivity index (χ0v) is 13.5. The van der Waals surface area contributed by atoms with E-state index in [2.05, 4.69) is 9.97 Å². The van der Waals surface area contributed by atoms with Gasteiger partial charge < -0.3 is 9.97 Å². The number of hydrogen-bond acceptors (Lipinski definition) is 3. The molecule has 2 aromatic heterocycles. The first-order valence-corrected chi connectivity index (χ1v) is 7.52. The molecule has 2 aromatic rings. The first-order chi connectivity index (χ1) is 10.5. The van der Waals surface area contributed by atoms with Crippen LogP contribution in [0.3, 0.4) is 0 Å². The molecular weight excluding hydrogens is 329 g/mol. The van der Waals surface area contributed by atoms with Crippen LogP contribution in [0.15, 0.2) is 16.9 Å². The highest BCUT2D eigenvalue weighted by Gasteiger charge is 2.31. The SMILES string of the molecule is CC(C)(C)C(=O)C=c1[nH]c(=O)c(=Cc2ccc(C(F)(F)F)[nH]2)s1. The Morgan fingerprint density at radius 2 is 1.83 bits per heavy atom. The number of carbonyl (C=O) groups excluding carboxylic acids is 1. The van der Waals surface area contributed by atoms with Gasteiger partial charge in [-0.05, 0) is 18.2 Å². The van der Waals surface area contributed by atoms with E-state index >= 15 is 0 Å². The van der Waals surface area contributed by atoms with Crippen molar-refractivity contribution in [1.82, 2.24) is 9.97 Å². The maximum absolute atomic E-state index is 12.5. The van der Waals surface area contributed by atoms with Crippen LogP contribution in [-0.4, -0.2) is 15.8 Å². The zero-order valence-electron chi connectivity index (χ0n) is 12.7.